The van der Waals surface area contributed by atoms with Crippen molar-refractivity contribution in [2.75, 3.05) is 0 Å². The van der Waals surface area contributed by atoms with Crippen LogP contribution in [0.2, 0.25) is 5.02 Å². The number of nitrogens with zero attached hydrogens (tertiary/aromatic N) is 3. The molecule has 1 atom stereocenters. The number of aromatic nitrogens is 3. The van der Waals surface area contributed by atoms with Crippen molar-refractivity contribution in [1.82, 2.24) is 20.2 Å². The van der Waals surface area contributed by atoms with Crippen LogP contribution in [0.15, 0.2) is 24.4 Å². The average Bonchev–Trinajstić information content (AvgIpc) is 2.81. The molecule has 0 radical (unpaired) electrons. The lowest BCUT2D eigenvalue weighted by Gasteiger charge is -2.16. The van der Waals surface area contributed by atoms with Crippen molar-refractivity contribution in [1.29, 1.82) is 0 Å². The number of halogens is 1. The van der Waals surface area contributed by atoms with Crippen molar-refractivity contribution in [3.63, 3.8) is 0 Å². The number of nitrogens with two attached hydrogens (primary N) is 1. The predicted octanol–water partition coefficient (Wildman–Crippen LogP) is 2.26. The fourth-order valence-corrected chi connectivity index (χ4v) is 2.58. The molecule has 0 aromatic carbocycles. The first-order valence-electron chi connectivity index (χ1n) is 6.82. The summed E-state index contributed by atoms with van der Waals surface area (Å²) in [5, 5.41) is 5.26. The predicted molar refractivity (Wildman–Crippen MR) is 80.3 cm³/mol. The van der Waals surface area contributed by atoms with E-state index in [2.05, 4.69) is 29.4 Å². The van der Waals surface area contributed by atoms with E-state index in [0.717, 1.165) is 35.1 Å². The van der Waals surface area contributed by atoms with E-state index in [1.54, 1.807) is 6.20 Å². The summed E-state index contributed by atoms with van der Waals surface area (Å²) in [7, 11) is 0. The fourth-order valence-electron chi connectivity index (χ4n) is 2.24. The van der Waals surface area contributed by atoms with E-state index in [0.29, 0.717) is 6.42 Å². The van der Waals surface area contributed by atoms with Crippen molar-refractivity contribution >= 4 is 11.6 Å². The van der Waals surface area contributed by atoms with E-state index in [-0.39, 0.29) is 6.04 Å². The standard InChI is InChI=1S/C14H20ClN5/c1-3-10-14(15)13(20(4-2)19-10)9-12(18-16)11-7-5-6-8-17-11/h5-8,12,18H,3-4,9,16H2,1-2H3. The number of rotatable bonds is 6. The first-order valence-corrected chi connectivity index (χ1v) is 7.20. The van der Waals surface area contributed by atoms with Gasteiger partial charge in [0.05, 0.1) is 28.1 Å². The van der Waals surface area contributed by atoms with Gasteiger partial charge in [-0.2, -0.15) is 5.10 Å². The Morgan fingerprint density at radius 2 is 2.20 bits per heavy atom. The summed E-state index contributed by atoms with van der Waals surface area (Å²) in [5.41, 5.74) is 5.64. The summed E-state index contributed by atoms with van der Waals surface area (Å²) in [4.78, 5) is 4.34. The zero-order valence-electron chi connectivity index (χ0n) is 11.8. The van der Waals surface area contributed by atoms with Gasteiger partial charge >= 0.3 is 0 Å². The third kappa shape index (κ3) is 3.00. The second-order valence-electron chi connectivity index (χ2n) is 4.55. The van der Waals surface area contributed by atoms with Crippen LogP contribution in [0.25, 0.3) is 0 Å². The van der Waals surface area contributed by atoms with E-state index in [4.69, 9.17) is 17.4 Å². The number of pyridine rings is 1. The van der Waals surface area contributed by atoms with E-state index < -0.39 is 0 Å². The minimum absolute atomic E-state index is 0.0830. The highest BCUT2D eigenvalue weighted by atomic mass is 35.5. The quantitative estimate of drug-likeness (QED) is 0.633. The van der Waals surface area contributed by atoms with Gasteiger partial charge in [0.15, 0.2) is 0 Å². The highest BCUT2D eigenvalue weighted by Gasteiger charge is 2.19. The summed E-state index contributed by atoms with van der Waals surface area (Å²) in [6.07, 6.45) is 3.24. The molecule has 0 saturated carbocycles. The average molecular weight is 294 g/mol. The Morgan fingerprint density at radius 1 is 1.40 bits per heavy atom. The first-order chi connectivity index (χ1) is 9.71. The number of aryl methyl sites for hydroxylation is 2. The normalized spacial score (nSPS) is 12.6. The second-order valence-corrected chi connectivity index (χ2v) is 4.93. The van der Waals surface area contributed by atoms with E-state index in [1.807, 2.05) is 22.9 Å². The molecule has 2 aromatic heterocycles. The summed E-state index contributed by atoms with van der Waals surface area (Å²) in [5.74, 6) is 5.67. The minimum atomic E-state index is -0.0830. The van der Waals surface area contributed by atoms with Crippen LogP contribution < -0.4 is 11.3 Å². The molecule has 0 aliphatic carbocycles. The molecule has 20 heavy (non-hydrogen) atoms. The zero-order chi connectivity index (χ0) is 14.5. The van der Waals surface area contributed by atoms with Crippen LogP contribution in [0.1, 0.15) is 37.0 Å². The van der Waals surface area contributed by atoms with E-state index >= 15 is 0 Å². The Bertz CT molecular complexity index is 552. The number of nitrogens with one attached hydrogen (secondary N) is 1. The molecule has 2 rings (SSSR count). The van der Waals surface area contributed by atoms with Crippen molar-refractivity contribution < 1.29 is 0 Å². The van der Waals surface area contributed by atoms with Gasteiger partial charge in [0.2, 0.25) is 0 Å². The Hall–Kier alpha value is -1.43. The molecule has 0 amide bonds. The molecule has 0 spiro atoms. The van der Waals surface area contributed by atoms with E-state index in [9.17, 15) is 0 Å². The van der Waals surface area contributed by atoms with Crippen LogP contribution in [0.5, 0.6) is 0 Å². The molecule has 0 bridgehead atoms. The van der Waals surface area contributed by atoms with E-state index in [1.165, 1.54) is 0 Å². The van der Waals surface area contributed by atoms with Gasteiger partial charge in [-0.25, -0.2) is 0 Å². The molecule has 6 heteroatoms. The zero-order valence-corrected chi connectivity index (χ0v) is 12.6. The highest BCUT2D eigenvalue weighted by Crippen LogP contribution is 2.26. The fraction of sp³-hybridized carbons (Fsp3) is 0.429. The molecule has 0 aliphatic rings. The van der Waals surface area contributed by atoms with Crippen molar-refractivity contribution in [3.05, 3.63) is 46.5 Å². The first kappa shape index (κ1) is 15.0. The number of hydrogen-bond donors (Lipinski definition) is 2. The summed E-state index contributed by atoms with van der Waals surface area (Å²) < 4.78 is 1.94. The van der Waals surface area contributed by atoms with Gasteiger partial charge in [0.25, 0.3) is 0 Å². The van der Waals surface area contributed by atoms with Gasteiger partial charge in [-0.1, -0.05) is 24.6 Å². The van der Waals surface area contributed by atoms with Crippen LogP contribution in [-0.2, 0) is 19.4 Å². The molecule has 0 fully saturated rings. The Balaban J connectivity index is 2.30. The summed E-state index contributed by atoms with van der Waals surface area (Å²) >= 11 is 6.42. The molecule has 0 aliphatic heterocycles. The van der Waals surface area contributed by atoms with Gasteiger partial charge in [-0.05, 0) is 25.5 Å². The second kappa shape index (κ2) is 6.83. The Morgan fingerprint density at radius 3 is 2.75 bits per heavy atom. The molecule has 3 N–H and O–H groups in total. The molecule has 0 saturated heterocycles. The molecule has 2 aromatic rings. The SMILES string of the molecule is CCc1nn(CC)c(CC(NN)c2ccccn2)c1Cl. The summed E-state index contributed by atoms with van der Waals surface area (Å²) in [6.45, 7) is 4.89. The van der Waals surface area contributed by atoms with Gasteiger partial charge in [0.1, 0.15) is 0 Å². The van der Waals surface area contributed by atoms with Crippen LogP contribution in [-0.4, -0.2) is 14.8 Å². The maximum absolute atomic E-state index is 6.42. The molecule has 108 valence electrons. The maximum atomic E-state index is 6.42. The van der Waals surface area contributed by atoms with Gasteiger partial charge in [-0.15, -0.1) is 0 Å². The maximum Gasteiger partial charge on any atom is 0.0850 e. The largest absolute Gasteiger partial charge is 0.271 e. The van der Waals surface area contributed by atoms with Crippen LogP contribution >= 0.6 is 11.6 Å². The third-order valence-corrected chi connectivity index (χ3v) is 3.77. The molecule has 1 unspecified atom stereocenters. The topological polar surface area (TPSA) is 68.8 Å². The van der Waals surface area contributed by atoms with Crippen molar-refractivity contribution in [2.45, 2.75) is 39.3 Å². The van der Waals surface area contributed by atoms with Crippen LogP contribution in [0, 0.1) is 0 Å². The summed E-state index contributed by atoms with van der Waals surface area (Å²) in [6, 6.07) is 5.70. The molecule has 2 heterocycles. The molecule has 5 nitrogen and oxygen atoms in total. The van der Waals surface area contributed by atoms with Crippen molar-refractivity contribution in [2.24, 2.45) is 5.84 Å². The Labute approximate surface area is 124 Å². The lowest BCUT2D eigenvalue weighted by molar-refractivity contribution is 0.507. The number of hydrogen-bond acceptors (Lipinski definition) is 4. The minimum Gasteiger partial charge on any atom is -0.271 e. The highest BCUT2D eigenvalue weighted by molar-refractivity contribution is 6.31. The van der Waals surface area contributed by atoms with Gasteiger partial charge in [-0.3, -0.25) is 20.9 Å². The third-order valence-electron chi connectivity index (χ3n) is 3.34. The monoisotopic (exact) mass is 293 g/mol. The smallest absolute Gasteiger partial charge is 0.0850 e. The molecular weight excluding hydrogens is 274 g/mol. The van der Waals surface area contributed by atoms with Gasteiger partial charge < -0.3 is 0 Å². The van der Waals surface area contributed by atoms with Crippen LogP contribution in [0.3, 0.4) is 0 Å². The van der Waals surface area contributed by atoms with Crippen molar-refractivity contribution in [3.8, 4) is 0 Å². The lowest BCUT2D eigenvalue weighted by atomic mass is 10.1. The Kier molecular flexibility index (Phi) is 5.11. The molecular formula is C14H20ClN5. The number of hydrazine groups is 1. The van der Waals surface area contributed by atoms with Crippen LogP contribution in [0.4, 0.5) is 0 Å². The van der Waals surface area contributed by atoms with Gasteiger partial charge in [0, 0.05) is 19.2 Å². The lowest BCUT2D eigenvalue weighted by Crippen LogP contribution is -2.31.